The number of epoxide rings is 1. The number of anilines is 3. The number of likely N-dealkylation sites (N-methyl/N-ethyl adjacent to an activating group) is 1. The summed E-state index contributed by atoms with van der Waals surface area (Å²) in [5.74, 6) is 1.29. The zero-order valence-electron chi connectivity index (χ0n) is 21.5. The normalized spacial score (nSPS) is 21.2. The van der Waals surface area contributed by atoms with Crippen LogP contribution in [0.3, 0.4) is 0 Å². The van der Waals surface area contributed by atoms with Crippen molar-refractivity contribution in [3.8, 4) is 11.3 Å². The van der Waals surface area contributed by atoms with Gasteiger partial charge in [0.2, 0.25) is 11.9 Å². The SMILES string of the molecule is CC[C@H]1N=C2N(C1=O)c1nn(Cc3ccc(-c4cccc(F)n4)cc3)c(Nc3ccccc3)c1C1OC1N2C. The number of ether oxygens (including phenoxy) is 1. The predicted octanol–water partition coefficient (Wildman–Crippen LogP) is 4.70. The van der Waals surface area contributed by atoms with E-state index in [2.05, 4.69) is 10.3 Å². The first-order valence-corrected chi connectivity index (χ1v) is 13.0. The van der Waals surface area contributed by atoms with Crippen LogP contribution in [-0.2, 0) is 16.1 Å². The summed E-state index contributed by atoms with van der Waals surface area (Å²) in [6.45, 7) is 2.40. The van der Waals surface area contributed by atoms with Crippen LogP contribution in [0.15, 0.2) is 77.8 Å². The highest BCUT2D eigenvalue weighted by Gasteiger charge is 2.56. The molecule has 7 rings (SSSR count). The molecule has 0 bridgehead atoms. The summed E-state index contributed by atoms with van der Waals surface area (Å²) in [7, 11) is 1.90. The topological polar surface area (TPSA) is 91.2 Å². The molecule has 0 saturated carbocycles. The monoisotopic (exact) mass is 523 g/mol. The lowest BCUT2D eigenvalue weighted by atomic mass is 10.1. The number of guanidine groups is 1. The Morgan fingerprint density at radius 1 is 1.03 bits per heavy atom. The van der Waals surface area contributed by atoms with Crippen LogP contribution in [0.1, 0.15) is 30.6 Å². The lowest BCUT2D eigenvalue weighted by molar-refractivity contribution is -0.118. The molecule has 1 amide bonds. The van der Waals surface area contributed by atoms with Crippen LogP contribution < -0.4 is 10.2 Å². The fourth-order valence-corrected chi connectivity index (χ4v) is 5.26. The van der Waals surface area contributed by atoms with Gasteiger partial charge in [0, 0.05) is 18.3 Å². The molecule has 1 fully saturated rings. The molecule has 1 saturated heterocycles. The van der Waals surface area contributed by atoms with Crippen molar-refractivity contribution in [1.82, 2.24) is 19.7 Å². The summed E-state index contributed by atoms with van der Waals surface area (Å²) in [5.41, 5.74) is 4.12. The third kappa shape index (κ3) is 3.95. The Hall–Kier alpha value is -4.57. The molecule has 0 aliphatic carbocycles. The number of benzene rings is 2. The first-order valence-electron chi connectivity index (χ1n) is 13.0. The van der Waals surface area contributed by atoms with Crippen molar-refractivity contribution in [3.05, 3.63) is 89.9 Å². The minimum Gasteiger partial charge on any atom is -0.342 e. The van der Waals surface area contributed by atoms with E-state index in [0.29, 0.717) is 30.4 Å². The van der Waals surface area contributed by atoms with Crippen molar-refractivity contribution in [2.45, 2.75) is 38.3 Å². The van der Waals surface area contributed by atoms with Crippen LogP contribution in [0.5, 0.6) is 0 Å². The molecule has 2 unspecified atom stereocenters. The molecule has 2 aromatic carbocycles. The highest BCUT2D eigenvalue weighted by atomic mass is 19.1. The zero-order valence-corrected chi connectivity index (χ0v) is 21.5. The van der Waals surface area contributed by atoms with Crippen LogP contribution in [0.4, 0.5) is 21.7 Å². The minimum absolute atomic E-state index is 0.0789. The van der Waals surface area contributed by atoms with Crippen LogP contribution in [0.2, 0.25) is 0 Å². The summed E-state index contributed by atoms with van der Waals surface area (Å²) >= 11 is 0. The largest absolute Gasteiger partial charge is 0.342 e. The molecule has 10 heteroatoms. The number of pyridine rings is 1. The molecule has 1 N–H and O–H groups in total. The van der Waals surface area contributed by atoms with Crippen LogP contribution in [0, 0.1) is 5.95 Å². The van der Waals surface area contributed by atoms with Gasteiger partial charge >= 0.3 is 0 Å². The molecule has 5 heterocycles. The van der Waals surface area contributed by atoms with Crippen LogP contribution in [-0.4, -0.2) is 50.8 Å². The molecule has 4 aromatic rings. The number of aromatic nitrogens is 3. The second-order valence-electron chi connectivity index (χ2n) is 9.86. The number of rotatable bonds is 6. The Balaban J connectivity index is 1.30. The van der Waals surface area contributed by atoms with Crippen LogP contribution >= 0.6 is 0 Å². The quantitative estimate of drug-likeness (QED) is 0.291. The smallest absolute Gasteiger partial charge is 0.260 e. The van der Waals surface area contributed by atoms with Crippen molar-refractivity contribution >= 4 is 29.2 Å². The van der Waals surface area contributed by atoms with E-state index in [4.69, 9.17) is 14.8 Å². The van der Waals surface area contributed by atoms with Gasteiger partial charge in [-0.05, 0) is 36.2 Å². The second kappa shape index (κ2) is 9.02. The molecule has 0 radical (unpaired) electrons. The second-order valence-corrected chi connectivity index (χ2v) is 9.86. The van der Waals surface area contributed by atoms with E-state index in [0.717, 1.165) is 28.2 Å². The Morgan fingerprint density at radius 3 is 2.56 bits per heavy atom. The molecule has 196 valence electrons. The number of carbonyl (C=O) groups is 1. The van der Waals surface area contributed by atoms with Crippen molar-refractivity contribution in [1.29, 1.82) is 0 Å². The van der Waals surface area contributed by atoms with E-state index in [9.17, 15) is 9.18 Å². The van der Waals surface area contributed by atoms with E-state index in [1.54, 1.807) is 17.0 Å². The van der Waals surface area contributed by atoms with E-state index in [1.165, 1.54) is 6.07 Å². The van der Waals surface area contributed by atoms with Gasteiger partial charge < -0.3 is 15.0 Å². The third-order valence-corrected chi connectivity index (χ3v) is 7.33. The van der Waals surface area contributed by atoms with Gasteiger partial charge in [0.25, 0.3) is 5.91 Å². The van der Waals surface area contributed by atoms with Gasteiger partial charge in [0.05, 0.1) is 17.8 Å². The van der Waals surface area contributed by atoms with Gasteiger partial charge in [0.1, 0.15) is 18.0 Å². The average Bonchev–Trinajstić information content (AvgIpc) is 3.59. The maximum Gasteiger partial charge on any atom is 0.260 e. The Kier molecular flexibility index (Phi) is 5.44. The predicted molar refractivity (Wildman–Crippen MR) is 145 cm³/mol. The molecule has 2 aromatic heterocycles. The van der Waals surface area contributed by atoms with Gasteiger partial charge in [-0.3, -0.25) is 4.79 Å². The summed E-state index contributed by atoms with van der Waals surface area (Å²) in [4.78, 5) is 25.7. The summed E-state index contributed by atoms with van der Waals surface area (Å²) in [6.07, 6.45) is 0.148. The summed E-state index contributed by atoms with van der Waals surface area (Å²) in [6, 6.07) is 22.0. The number of para-hydroxylation sites is 1. The number of nitrogens with one attached hydrogen (secondary N) is 1. The molecule has 3 atom stereocenters. The first kappa shape index (κ1) is 23.5. The molecule has 39 heavy (non-hydrogen) atoms. The molecular weight excluding hydrogens is 497 g/mol. The lowest BCUT2D eigenvalue weighted by Crippen LogP contribution is -2.43. The number of hydrogen-bond acceptors (Lipinski definition) is 7. The fraction of sp³-hybridized carbons (Fsp3) is 0.241. The van der Waals surface area contributed by atoms with E-state index >= 15 is 0 Å². The fourth-order valence-electron chi connectivity index (χ4n) is 5.26. The number of fused-ring (bicyclic) bond motifs is 5. The van der Waals surface area contributed by atoms with Gasteiger partial charge in [-0.2, -0.15) is 9.49 Å². The summed E-state index contributed by atoms with van der Waals surface area (Å²) in [5, 5.41) is 8.51. The molecular formula is C29H26FN7O2. The Labute approximate surface area is 224 Å². The van der Waals surface area contributed by atoms with Crippen molar-refractivity contribution in [2.24, 2.45) is 4.99 Å². The number of hydrogen-bond donors (Lipinski definition) is 1. The lowest BCUT2D eigenvalue weighted by Gasteiger charge is -2.22. The summed E-state index contributed by atoms with van der Waals surface area (Å²) < 4.78 is 21.6. The van der Waals surface area contributed by atoms with Gasteiger partial charge in [-0.1, -0.05) is 55.5 Å². The van der Waals surface area contributed by atoms with E-state index < -0.39 is 12.0 Å². The highest BCUT2D eigenvalue weighted by molar-refractivity contribution is 6.22. The number of aliphatic imine (C=N–C) groups is 1. The zero-order chi connectivity index (χ0) is 26.7. The van der Waals surface area contributed by atoms with Gasteiger partial charge in [-0.15, -0.1) is 0 Å². The number of carbonyl (C=O) groups excluding carboxylic acids is 1. The molecule has 0 spiro atoms. The number of halogens is 1. The minimum atomic E-state index is -0.512. The maximum atomic E-state index is 13.6. The van der Waals surface area contributed by atoms with Gasteiger partial charge in [0.15, 0.2) is 12.0 Å². The van der Waals surface area contributed by atoms with Crippen molar-refractivity contribution in [3.63, 3.8) is 0 Å². The first-order chi connectivity index (χ1) is 19.0. The van der Waals surface area contributed by atoms with Crippen LogP contribution in [0.25, 0.3) is 11.3 Å². The molecule has 9 nitrogen and oxygen atoms in total. The Bertz CT molecular complexity index is 1600. The standard InChI is InChI=1S/C29H26FN7O2/c1-3-20-27(38)37-26-23(24-28(39-24)35(2)29(37)33-20)25(31-19-8-5-4-6-9-19)36(34-26)16-17-12-14-18(15-13-17)21-10-7-11-22(30)32-21/h4-15,20,24,28,31H,3,16H2,1-2H3/t20-,24?,28?/m1/s1. The molecule has 3 aliphatic heterocycles. The third-order valence-electron chi connectivity index (χ3n) is 7.33. The van der Waals surface area contributed by atoms with E-state index in [-0.39, 0.29) is 18.2 Å². The maximum absolute atomic E-state index is 13.6. The Morgan fingerprint density at radius 2 is 1.82 bits per heavy atom. The number of nitrogens with zero attached hydrogens (tertiary/aromatic N) is 6. The van der Waals surface area contributed by atoms with Crippen molar-refractivity contribution < 1.29 is 13.9 Å². The van der Waals surface area contributed by atoms with Crippen molar-refractivity contribution in [2.75, 3.05) is 17.3 Å². The molecule has 3 aliphatic rings. The van der Waals surface area contributed by atoms with E-state index in [1.807, 2.05) is 78.2 Å². The highest BCUT2D eigenvalue weighted by Crippen LogP contribution is 2.52. The average molecular weight is 524 g/mol. The van der Waals surface area contributed by atoms with Gasteiger partial charge in [-0.25, -0.2) is 19.6 Å². The number of amides is 1.